The molecule has 0 aliphatic rings. The standard InChI is InChI=1S/C20H23NS2/c1-16(2)15-23-20(21-18-11-9-17(3)10-12-18)13-14-22-19-7-5-4-6-8-19/h4-14,16H,15H2,1-3H3. The van der Waals surface area contributed by atoms with Gasteiger partial charge in [0.15, 0.2) is 0 Å². The summed E-state index contributed by atoms with van der Waals surface area (Å²) in [7, 11) is 0. The van der Waals surface area contributed by atoms with E-state index in [9.17, 15) is 0 Å². The van der Waals surface area contributed by atoms with E-state index in [0.717, 1.165) is 16.5 Å². The quantitative estimate of drug-likeness (QED) is 0.328. The molecule has 2 rings (SSSR count). The first kappa shape index (κ1) is 17.9. The molecular formula is C20H23NS2. The number of benzene rings is 2. The molecule has 0 spiro atoms. The SMILES string of the molecule is Cc1ccc(N=C(C=CSc2ccccc2)SCC(C)C)cc1. The van der Waals surface area contributed by atoms with E-state index >= 15 is 0 Å². The molecule has 2 aromatic rings. The van der Waals surface area contributed by atoms with Gasteiger partial charge in [0, 0.05) is 10.6 Å². The van der Waals surface area contributed by atoms with Crippen molar-refractivity contribution >= 4 is 34.3 Å². The van der Waals surface area contributed by atoms with Crippen LogP contribution in [-0.4, -0.2) is 10.8 Å². The van der Waals surface area contributed by atoms with Gasteiger partial charge in [-0.3, -0.25) is 0 Å². The van der Waals surface area contributed by atoms with Crippen molar-refractivity contribution < 1.29 is 0 Å². The Morgan fingerprint density at radius 3 is 2.39 bits per heavy atom. The first-order valence-electron chi connectivity index (χ1n) is 7.80. The Morgan fingerprint density at radius 1 is 1.04 bits per heavy atom. The molecule has 0 aromatic heterocycles. The van der Waals surface area contributed by atoms with Crippen LogP contribution in [-0.2, 0) is 0 Å². The number of aliphatic imine (C=N–C) groups is 1. The van der Waals surface area contributed by atoms with Crippen molar-refractivity contribution in [1.29, 1.82) is 0 Å². The summed E-state index contributed by atoms with van der Waals surface area (Å²) in [6, 6.07) is 18.7. The molecule has 23 heavy (non-hydrogen) atoms. The monoisotopic (exact) mass is 341 g/mol. The minimum atomic E-state index is 0.651. The summed E-state index contributed by atoms with van der Waals surface area (Å²) in [6.45, 7) is 6.57. The van der Waals surface area contributed by atoms with Gasteiger partial charge in [0.25, 0.3) is 0 Å². The van der Waals surface area contributed by atoms with E-state index in [4.69, 9.17) is 4.99 Å². The predicted molar refractivity (Wildman–Crippen MR) is 107 cm³/mol. The molecule has 0 N–H and O–H groups in total. The van der Waals surface area contributed by atoms with Crippen LogP contribution >= 0.6 is 23.5 Å². The van der Waals surface area contributed by atoms with Crippen molar-refractivity contribution in [3.05, 3.63) is 71.6 Å². The van der Waals surface area contributed by atoms with Crippen LogP contribution in [0.25, 0.3) is 0 Å². The van der Waals surface area contributed by atoms with Gasteiger partial charge in [-0.1, -0.05) is 61.5 Å². The molecule has 0 aliphatic carbocycles. The molecule has 2 aromatic carbocycles. The Balaban J connectivity index is 2.08. The zero-order valence-corrected chi connectivity index (χ0v) is 15.5. The third kappa shape index (κ3) is 7.10. The molecule has 0 saturated carbocycles. The fraction of sp³-hybridized carbons (Fsp3) is 0.250. The average Bonchev–Trinajstić information content (AvgIpc) is 2.55. The minimum absolute atomic E-state index is 0.651. The summed E-state index contributed by atoms with van der Waals surface area (Å²) in [5, 5.41) is 3.18. The molecule has 0 atom stereocenters. The van der Waals surface area contributed by atoms with E-state index < -0.39 is 0 Å². The summed E-state index contributed by atoms with van der Waals surface area (Å²) in [5.41, 5.74) is 2.27. The Labute approximate surface area is 148 Å². The molecule has 0 fully saturated rings. The van der Waals surface area contributed by atoms with Gasteiger partial charge in [-0.05, 0) is 48.6 Å². The fourth-order valence-electron chi connectivity index (χ4n) is 1.79. The van der Waals surface area contributed by atoms with Crippen LogP contribution in [0, 0.1) is 12.8 Å². The molecule has 0 heterocycles. The first-order valence-corrected chi connectivity index (χ1v) is 9.66. The van der Waals surface area contributed by atoms with Crippen molar-refractivity contribution in [2.75, 3.05) is 5.75 Å². The lowest BCUT2D eigenvalue weighted by Crippen LogP contribution is -1.95. The molecule has 1 nitrogen and oxygen atoms in total. The second kappa shape index (κ2) is 9.64. The Bertz CT molecular complexity index is 643. The summed E-state index contributed by atoms with van der Waals surface area (Å²) >= 11 is 3.53. The lowest BCUT2D eigenvalue weighted by atomic mass is 10.2. The van der Waals surface area contributed by atoms with Crippen LogP contribution in [0.2, 0.25) is 0 Å². The molecule has 0 unspecified atom stereocenters. The van der Waals surface area contributed by atoms with E-state index in [1.165, 1.54) is 10.5 Å². The molecule has 0 radical (unpaired) electrons. The van der Waals surface area contributed by atoms with E-state index in [2.05, 4.69) is 80.8 Å². The van der Waals surface area contributed by atoms with Crippen LogP contribution in [0.3, 0.4) is 0 Å². The van der Waals surface area contributed by atoms with Crippen LogP contribution < -0.4 is 0 Å². The smallest absolute Gasteiger partial charge is 0.0972 e. The van der Waals surface area contributed by atoms with E-state index in [1.54, 1.807) is 11.8 Å². The number of aryl methyl sites for hydroxylation is 1. The first-order chi connectivity index (χ1) is 11.1. The van der Waals surface area contributed by atoms with Gasteiger partial charge in [-0.15, -0.1) is 11.8 Å². The second-order valence-electron chi connectivity index (χ2n) is 5.72. The average molecular weight is 342 g/mol. The predicted octanol–water partition coefficient (Wildman–Crippen LogP) is 6.72. The maximum absolute atomic E-state index is 4.78. The Morgan fingerprint density at radius 2 is 1.74 bits per heavy atom. The minimum Gasteiger partial charge on any atom is -0.242 e. The summed E-state index contributed by atoms with van der Waals surface area (Å²) < 4.78 is 0. The molecule has 0 aliphatic heterocycles. The van der Waals surface area contributed by atoms with E-state index in [-0.39, 0.29) is 0 Å². The topological polar surface area (TPSA) is 12.4 Å². The van der Waals surface area contributed by atoms with Crippen molar-refractivity contribution in [2.45, 2.75) is 25.7 Å². The maximum Gasteiger partial charge on any atom is 0.0972 e. The Kier molecular flexibility index (Phi) is 7.50. The highest BCUT2D eigenvalue weighted by molar-refractivity contribution is 8.14. The van der Waals surface area contributed by atoms with Crippen LogP contribution in [0.1, 0.15) is 19.4 Å². The molecular weight excluding hydrogens is 318 g/mol. The van der Waals surface area contributed by atoms with Crippen molar-refractivity contribution in [2.24, 2.45) is 10.9 Å². The number of rotatable bonds is 6. The van der Waals surface area contributed by atoms with Gasteiger partial charge in [0.1, 0.15) is 0 Å². The summed E-state index contributed by atoms with van der Waals surface area (Å²) in [6.07, 6.45) is 2.12. The molecule has 3 heteroatoms. The highest BCUT2D eigenvalue weighted by Gasteiger charge is 2.01. The zero-order valence-electron chi connectivity index (χ0n) is 13.9. The van der Waals surface area contributed by atoms with Crippen LogP contribution in [0.5, 0.6) is 0 Å². The third-order valence-corrected chi connectivity index (χ3v) is 5.17. The largest absolute Gasteiger partial charge is 0.242 e. The van der Waals surface area contributed by atoms with Gasteiger partial charge >= 0.3 is 0 Å². The lowest BCUT2D eigenvalue weighted by Gasteiger charge is -2.05. The number of nitrogens with zero attached hydrogens (tertiary/aromatic N) is 1. The van der Waals surface area contributed by atoms with Gasteiger partial charge in [0.05, 0.1) is 10.7 Å². The zero-order chi connectivity index (χ0) is 16.5. The van der Waals surface area contributed by atoms with Crippen LogP contribution in [0.4, 0.5) is 5.69 Å². The van der Waals surface area contributed by atoms with E-state index in [0.29, 0.717) is 5.92 Å². The number of hydrogen-bond acceptors (Lipinski definition) is 3. The van der Waals surface area contributed by atoms with Crippen molar-refractivity contribution in [3.8, 4) is 0 Å². The number of thioether (sulfide) groups is 2. The van der Waals surface area contributed by atoms with Gasteiger partial charge < -0.3 is 0 Å². The molecule has 120 valence electrons. The number of hydrogen-bond donors (Lipinski definition) is 0. The van der Waals surface area contributed by atoms with Crippen molar-refractivity contribution in [3.63, 3.8) is 0 Å². The van der Waals surface area contributed by atoms with E-state index in [1.807, 2.05) is 17.8 Å². The van der Waals surface area contributed by atoms with Gasteiger partial charge in [-0.2, -0.15) is 0 Å². The maximum atomic E-state index is 4.78. The normalized spacial score (nSPS) is 12.3. The molecule has 0 amide bonds. The Hall–Kier alpha value is -1.45. The lowest BCUT2D eigenvalue weighted by molar-refractivity contribution is 0.752. The summed E-state index contributed by atoms with van der Waals surface area (Å²) in [4.78, 5) is 6.03. The summed E-state index contributed by atoms with van der Waals surface area (Å²) in [5.74, 6) is 1.73. The highest BCUT2D eigenvalue weighted by atomic mass is 32.2. The molecule has 0 saturated heterocycles. The third-order valence-electron chi connectivity index (χ3n) is 3.00. The fourth-order valence-corrected chi connectivity index (χ4v) is 3.38. The second-order valence-corrected chi connectivity index (χ2v) is 7.74. The van der Waals surface area contributed by atoms with Gasteiger partial charge in [0.2, 0.25) is 0 Å². The molecule has 0 bridgehead atoms. The van der Waals surface area contributed by atoms with Crippen LogP contribution in [0.15, 0.2) is 76.0 Å². The highest BCUT2D eigenvalue weighted by Crippen LogP contribution is 2.22. The van der Waals surface area contributed by atoms with Crippen molar-refractivity contribution in [1.82, 2.24) is 0 Å². The van der Waals surface area contributed by atoms with Gasteiger partial charge in [-0.25, -0.2) is 4.99 Å².